The molecule has 1 aliphatic rings. The topological polar surface area (TPSA) is 176 Å². The van der Waals surface area contributed by atoms with Crippen LogP contribution in [0.1, 0.15) is 70.3 Å². The molecule has 14 heteroatoms. The number of oxazole rings is 1. The number of amides is 5. The summed E-state index contributed by atoms with van der Waals surface area (Å²) in [6.07, 6.45) is 1.55. The van der Waals surface area contributed by atoms with E-state index in [9.17, 15) is 24.0 Å². The lowest BCUT2D eigenvalue weighted by Gasteiger charge is -2.25. The number of carbonyl (C=O) groups is 5. The van der Waals surface area contributed by atoms with Crippen molar-refractivity contribution in [1.29, 1.82) is 0 Å². The fourth-order valence-corrected chi connectivity index (χ4v) is 5.29. The molecule has 0 saturated carbocycles. The Morgan fingerprint density at radius 2 is 1.86 bits per heavy atom. The molecular formula is C28H33N7O6S. The molecule has 1 aliphatic heterocycles. The maximum Gasteiger partial charge on any atom is 0.273 e. The minimum Gasteiger partial charge on any atom is -0.446 e. The fourth-order valence-electron chi connectivity index (χ4n) is 4.27. The minimum absolute atomic E-state index is 0.00270. The Bertz CT molecular complexity index is 1440. The number of thiazole rings is 1. The van der Waals surface area contributed by atoms with Crippen molar-refractivity contribution < 1.29 is 28.4 Å². The minimum atomic E-state index is -0.701. The molecule has 3 heterocycles. The van der Waals surface area contributed by atoms with Crippen LogP contribution in [-0.4, -0.2) is 70.6 Å². The van der Waals surface area contributed by atoms with Crippen molar-refractivity contribution in [3.63, 3.8) is 0 Å². The Morgan fingerprint density at radius 3 is 2.57 bits per heavy atom. The van der Waals surface area contributed by atoms with Crippen molar-refractivity contribution >= 4 is 40.9 Å². The fraction of sp³-hybridized carbons (Fsp3) is 0.393. The molecule has 2 atom stereocenters. The Kier molecular flexibility index (Phi) is 10.0. The van der Waals surface area contributed by atoms with Crippen LogP contribution in [0.4, 0.5) is 0 Å². The number of nitrogens with zero attached hydrogens (tertiary/aromatic N) is 3. The molecule has 4 bridgehead atoms. The molecule has 5 amide bonds. The highest BCUT2D eigenvalue weighted by molar-refractivity contribution is 7.09. The third-order valence-corrected chi connectivity index (χ3v) is 7.42. The van der Waals surface area contributed by atoms with Gasteiger partial charge in [-0.3, -0.25) is 24.0 Å². The van der Waals surface area contributed by atoms with Crippen molar-refractivity contribution in [2.75, 3.05) is 26.2 Å². The van der Waals surface area contributed by atoms with Crippen LogP contribution >= 0.6 is 11.3 Å². The van der Waals surface area contributed by atoms with E-state index in [4.69, 9.17) is 4.42 Å². The van der Waals surface area contributed by atoms with Gasteiger partial charge in [-0.25, -0.2) is 9.97 Å². The van der Waals surface area contributed by atoms with E-state index in [1.54, 1.807) is 5.38 Å². The molecule has 3 aromatic rings. The summed E-state index contributed by atoms with van der Waals surface area (Å²) >= 11 is 1.24. The van der Waals surface area contributed by atoms with E-state index in [1.807, 2.05) is 44.2 Å². The van der Waals surface area contributed by atoms with Gasteiger partial charge in [0.1, 0.15) is 23.0 Å². The monoisotopic (exact) mass is 595 g/mol. The van der Waals surface area contributed by atoms with Gasteiger partial charge in [0.25, 0.3) is 11.8 Å². The number of benzene rings is 1. The van der Waals surface area contributed by atoms with Crippen LogP contribution in [-0.2, 0) is 20.8 Å². The van der Waals surface area contributed by atoms with Crippen molar-refractivity contribution in [2.45, 2.75) is 39.3 Å². The standard InChI is InChI=1S/C28H33N7O6S/c1-16(2)24-28-33-21(15-42-28)26(40)31-19(11-18-7-5-4-6-8-18)27-32-20(14-41-27)25(39)29-9-10-35(13-22(37)34-24)23(38)12-30-17(3)36/h4-8,14-16,19,24H,9-13H2,1-3H3,(H,29,39)(H,30,36)(H,31,40)(H,34,37)/t19-,24-/m0/s1. The SMILES string of the molecule is CC(=O)NCC(=O)N1CCNC(=O)c2coc(n2)[C@H](Cc2ccccc2)NC(=O)c2csc(n2)[C@H](C(C)C)NC(=O)C1. The summed E-state index contributed by atoms with van der Waals surface area (Å²) < 4.78 is 5.63. The van der Waals surface area contributed by atoms with Gasteiger partial charge < -0.3 is 30.6 Å². The lowest BCUT2D eigenvalue weighted by molar-refractivity contribution is -0.136. The van der Waals surface area contributed by atoms with Crippen LogP contribution in [0.5, 0.6) is 0 Å². The summed E-state index contributed by atoms with van der Waals surface area (Å²) in [6, 6.07) is 8.23. The first-order valence-electron chi connectivity index (χ1n) is 13.5. The van der Waals surface area contributed by atoms with Crippen molar-refractivity contribution in [3.8, 4) is 0 Å². The molecule has 4 N–H and O–H groups in total. The second-order valence-corrected chi connectivity index (χ2v) is 11.0. The summed E-state index contributed by atoms with van der Waals surface area (Å²) in [5.74, 6) is -2.30. The van der Waals surface area contributed by atoms with Crippen LogP contribution in [0.15, 0.2) is 46.4 Å². The molecule has 0 aliphatic carbocycles. The van der Waals surface area contributed by atoms with Crippen molar-refractivity contribution in [3.05, 3.63) is 69.8 Å². The average molecular weight is 596 g/mol. The van der Waals surface area contributed by atoms with E-state index in [2.05, 4.69) is 31.2 Å². The van der Waals surface area contributed by atoms with Gasteiger partial charge in [0, 0.05) is 31.8 Å². The van der Waals surface area contributed by atoms with Gasteiger partial charge in [-0.1, -0.05) is 44.2 Å². The van der Waals surface area contributed by atoms with E-state index in [0.717, 1.165) is 5.56 Å². The number of hydrogen-bond donors (Lipinski definition) is 4. The molecule has 13 nitrogen and oxygen atoms in total. The molecule has 0 radical (unpaired) electrons. The smallest absolute Gasteiger partial charge is 0.273 e. The summed E-state index contributed by atoms with van der Waals surface area (Å²) in [6.45, 7) is 4.49. The number of hydrogen-bond acceptors (Lipinski definition) is 9. The Balaban J connectivity index is 1.65. The molecule has 4 rings (SSSR count). The predicted molar refractivity (Wildman–Crippen MR) is 152 cm³/mol. The lowest BCUT2D eigenvalue weighted by Crippen LogP contribution is -2.48. The maximum absolute atomic E-state index is 13.3. The Morgan fingerprint density at radius 1 is 1.10 bits per heavy atom. The zero-order chi connectivity index (χ0) is 30.2. The Labute approximate surface area is 246 Å². The second kappa shape index (κ2) is 13.9. The largest absolute Gasteiger partial charge is 0.446 e. The number of rotatable bonds is 5. The molecule has 2 aromatic heterocycles. The first-order chi connectivity index (χ1) is 20.1. The number of aromatic nitrogens is 2. The van der Waals surface area contributed by atoms with Gasteiger partial charge in [-0.2, -0.15) is 0 Å². The van der Waals surface area contributed by atoms with Crippen LogP contribution in [0.2, 0.25) is 0 Å². The van der Waals surface area contributed by atoms with Gasteiger partial charge >= 0.3 is 0 Å². The van der Waals surface area contributed by atoms with E-state index in [-0.39, 0.29) is 49.4 Å². The summed E-state index contributed by atoms with van der Waals surface area (Å²) in [5.41, 5.74) is 1.06. The highest BCUT2D eigenvalue weighted by Gasteiger charge is 2.28. The third-order valence-electron chi connectivity index (χ3n) is 6.49. The zero-order valence-electron chi connectivity index (χ0n) is 23.5. The molecule has 0 unspecified atom stereocenters. The van der Waals surface area contributed by atoms with Crippen molar-refractivity contribution in [2.24, 2.45) is 5.92 Å². The van der Waals surface area contributed by atoms with Gasteiger partial charge in [0.2, 0.25) is 23.6 Å². The Hall–Kier alpha value is -4.59. The molecule has 0 spiro atoms. The van der Waals surface area contributed by atoms with E-state index >= 15 is 0 Å². The lowest BCUT2D eigenvalue weighted by atomic mass is 10.0. The normalized spacial score (nSPS) is 18.4. The highest BCUT2D eigenvalue weighted by Crippen LogP contribution is 2.26. The van der Waals surface area contributed by atoms with Gasteiger partial charge in [-0.05, 0) is 11.5 Å². The number of nitrogens with one attached hydrogen (secondary N) is 4. The predicted octanol–water partition coefficient (Wildman–Crippen LogP) is 1.37. The number of fused-ring (bicyclic) bond motifs is 4. The van der Waals surface area contributed by atoms with Gasteiger partial charge in [0.15, 0.2) is 5.69 Å². The second-order valence-electron chi connectivity index (χ2n) is 10.1. The summed E-state index contributed by atoms with van der Waals surface area (Å²) in [7, 11) is 0. The molecular weight excluding hydrogens is 562 g/mol. The third kappa shape index (κ3) is 8.00. The first kappa shape index (κ1) is 30.4. The van der Waals surface area contributed by atoms with Crippen LogP contribution in [0.25, 0.3) is 0 Å². The van der Waals surface area contributed by atoms with Gasteiger partial charge in [-0.15, -0.1) is 11.3 Å². The summed E-state index contributed by atoms with van der Waals surface area (Å²) in [4.78, 5) is 73.5. The highest BCUT2D eigenvalue weighted by atomic mass is 32.1. The molecule has 42 heavy (non-hydrogen) atoms. The molecule has 0 fully saturated rings. The average Bonchev–Trinajstić information content (AvgIpc) is 3.64. The molecule has 1 aromatic carbocycles. The van der Waals surface area contributed by atoms with Crippen LogP contribution < -0.4 is 21.3 Å². The molecule has 0 saturated heterocycles. The number of carbonyl (C=O) groups excluding carboxylic acids is 5. The van der Waals surface area contributed by atoms with Crippen LogP contribution in [0, 0.1) is 5.92 Å². The van der Waals surface area contributed by atoms with Crippen LogP contribution in [0.3, 0.4) is 0 Å². The van der Waals surface area contributed by atoms with E-state index in [0.29, 0.717) is 11.4 Å². The van der Waals surface area contributed by atoms with E-state index in [1.165, 1.54) is 29.4 Å². The van der Waals surface area contributed by atoms with Gasteiger partial charge in [0.05, 0.1) is 19.1 Å². The maximum atomic E-state index is 13.3. The summed E-state index contributed by atoms with van der Waals surface area (Å²) in [5, 5.41) is 13.1. The van der Waals surface area contributed by atoms with E-state index < -0.39 is 41.6 Å². The zero-order valence-corrected chi connectivity index (χ0v) is 24.3. The first-order valence-corrected chi connectivity index (χ1v) is 14.3. The quantitative estimate of drug-likeness (QED) is 0.342. The molecule has 222 valence electrons. The van der Waals surface area contributed by atoms with Crippen molar-refractivity contribution in [1.82, 2.24) is 36.1 Å².